The van der Waals surface area contributed by atoms with Gasteiger partial charge in [0.2, 0.25) is 0 Å². The molecule has 0 aromatic carbocycles. The van der Waals surface area contributed by atoms with Gasteiger partial charge in [-0.15, -0.1) is 0 Å². The average molecular weight is 184 g/mol. The molecule has 2 nitrogen and oxygen atoms in total. The van der Waals surface area contributed by atoms with Crippen LogP contribution < -0.4 is 5.32 Å². The smallest absolute Gasteiger partial charge is 0.0104 e. The summed E-state index contributed by atoms with van der Waals surface area (Å²) in [5.74, 6) is 0. The standard InChI is InChI=1S/C11H24N2/c1-3-4-9-13(2)10-8-12-11-6-5-7-11/h11-12H,3-10H2,1-2H3. The largest absolute Gasteiger partial charge is 0.313 e. The number of unbranched alkanes of at least 4 members (excludes halogenated alkanes) is 1. The van der Waals surface area contributed by atoms with E-state index in [4.69, 9.17) is 0 Å². The molecule has 0 aliphatic heterocycles. The van der Waals surface area contributed by atoms with Crippen LogP contribution in [0.25, 0.3) is 0 Å². The summed E-state index contributed by atoms with van der Waals surface area (Å²) in [6, 6.07) is 0.847. The SMILES string of the molecule is CCCCN(C)CCNC1CCC1. The van der Waals surface area contributed by atoms with Gasteiger partial charge in [-0.25, -0.2) is 0 Å². The van der Waals surface area contributed by atoms with Crippen molar-refractivity contribution in [3.05, 3.63) is 0 Å². The molecule has 0 radical (unpaired) electrons. The van der Waals surface area contributed by atoms with Gasteiger partial charge >= 0.3 is 0 Å². The molecular weight excluding hydrogens is 160 g/mol. The highest BCUT2D eigenvalue weighted by molar-refractivity contribution is 4.76. The van der Waals surface area contributed by atoms with E-state index in [1.54, 1.807) is 0 Å². The molecule has 0 spiro atoms. The van der Waals surface area contributed by atoms with E-state index in [1.807, 2.05) is 0 Å². The van der Waals surface area contributed by atoms with Crippen LogP contribution >= 0.6 is 0 Å². The lowest BCUT2D eigenvalue weighted by molar-refractivity contribution is 0.288. The molecule has 0 heterocycles. The first-order valence-electron chi connectivity index (χ1n) is 5.75. The van der Waals surface area contributed by atoms with Crippen LogP contribution in [-0.2, 0) is 0 Å². The number of hydrogen-bond donors (Lipinski definition) is 1. The molecule has 0 aromatic rings. The van der Waals surface area contributed by atoms with Crippen molar-refractivity contribution in [2.75, 3.05) is 26.7 Å². The fourth-order valence-corrected chi connectivity index (χ4v) is 1.61. The summed E-state index contributed by atoms with van der Waals surface area (Å²) >= 11 is 0. The van der Waals surface area contributed by atoms with Gasteiger partial charge in [0, 0.05) is 19.1 Å². The molecule has 0 atom stereocenters. The Bertz CT molecular complexity index is 121. The molecule has 1 rings (SSSR count). The molecule has 2 heteroatoms. The molecule has 1 aliphatic rings. The van der Waals surface area contributed by atoms with Gasteiger partial charge in [0.15, 0.2) is 0 Å². The van der Waals surface area contributed by atoms with Crippen molar-refractivity contribution in [3.8, 4) is 0 Å². The molecule has 0 amide bonds. The van der Waals surface area contributed by atoms with Crippen molar-refractivity contribution >= 4 is 0 Å². The van der Waals surface area contributed by atoms with E-state index >= 15 is 0 Å². The highest BCUT2D eigenvalue weighted by atomic mass is 15.1. The van der Waals surface area contributed by atoms with Gasteiger partial charge in [0.05, 0.1) is 0 Å². The molecule has 0 unspecified atom stereocenters. The lowest BCUT2D eigenvalue weighted by Crippen LogP contribution is -2.39. The van der Waals surface area contributed by atoms with Gasteiger partial charge < -0.3 is 10.2 Å². The van der Waals surface area contributed by atoms with Crippen LogP contribution in [0.5, 0.6) is 0 Å². The first-order chi connectivity index (χ1) is 6.33. The summed E-state index contributed by atoms with van der Waals surface area (Å²) in [7, 11) is 2.22. The lowest BCUT2D eigenvalue weighted by atomic mass is 9.93. The zero-order valence-corrected chi connectivity index (χ0v) is 9.18. The number of likely N-dealkylation sites (N-methyl/N-ethyl adjacent to an activating group) is 1. The minimum atomic E-state index is 0.847. The van der Waals surface area contributed by atoms with Crippen LogP contribution in [0.1, 0.15) is 39.0 Å². The van der Waals surface area contributed by atoms with Crippen LogP contribution in [0, 0.1) is 0 Å². The van der Waals surface area contributed by atoms with Gasteiger partial charge in [-0.1, -0.05) is 19.8 Å². The molecule has 0 aromatic heterocycles. The zero-order chi connectivity index (χ0) is 9.52. The third-order valence-corrected chi connectivity index (χ3v) is 2.93. The third-order valence-electron chi connectivity index (χ3n) is 2.93. The summed E-state index contributed by atoms with van der Waals surface area (Å²) in [6.45, 7) is 5.88. The summed E-state index contributed by atoms with van der Waals surface area (Å²) in [5.41, 5.74) is 0. The molecular formula is C11H24N2. The van der Waals surface area contributed by atoms with E-state index in [0.717, 1.165) is 6.04 Å². The topological polar surface area (TPSA) is 15.3 Å². The summed E-state index contributed by atoms with van der Waals surface area (Å²) in [6.07, 6.45) is 6.88. The zero-order valence-electron chi connectivity index (χ0n) is 9.18. The molecule has 1 fully saturated rings. The molecule has 1 aliphatic carbocycles. The molecule has 78 valence electrons. The summed E-state index contributed by atoms with van der Waals surface area (Å²) in [5, 5.41) is 3.58. The third kappa shape index (κ3) is 4.63. The van der Waals surface area contributed by atoms with Gasteiger partial charge in [0.1, 0.15) is 0 Å². The molecule has 13 heavy (non-hydrogen) atoms. The summed E-state index contributed by atoms with van der Waals surface area (Å²) < 4.78 is 0. The van der Waals surface area contributed by atoms with Crippen LogP contribution in [0.3, 0.4) is 0 Å². The van der Waals surface area contributed by atoms with Crippen molar-refractivity contribution in [1.29, 1.82) is 0 Å². The number of hydrogen-bond acceptors (Lipinski definition) is 2. The number of rotatable bonds is 7. The van der Waals surface area contributed by atoms with E-state index in [-0.39, 0.29) is 0 Å². The Morgan fingerprint density at radius 2 is 2.08 bits per heavy atom. The fourth-order valence-electron chi connectivity index (χ4n) is 1.61. The van der Waals surface area contributed by atoms with E-state index in [1.165, 1.54) is 51.7 Å². The molecule has 0 saturated heterocycles. The second-order valence-electron chi connectivity index (χ2n) is 4.24. The molecule has 0 bridgehead atoms. The van der Waals surface area contributed by atoms with E-state index in [2.05, 4.69) is 24.2 Å². The lowest BCUT2D eigenvalue weighted by Gasteiger charge is -2.27. The minimum Gasteiger partial charge on any atom is -0.313 e. The first kappa shape index (κ1) is 11.0. The Morgan fingerprint density at radius 1 is 1.31 bits per heavy atom. The quantitative estimate of drug-likeness (QED) is 0.649. The van der Waals surface area contributed by atoms with Gasteiger partial charge in [-0.2, -0.15) is 0 Å². The number of nitrogens with zero attached hydrogens (tertiary/aromatic N) is 1. The van der Waals surface area contributed by atoms with Crippen LogP contribution in [0.15, 0.2) is 0 Å². The highest BCUT2D eigenvalue weighted by Gasteiger charge is 2.15. The van der Waals surface area contributed by atoms with Crippen LogP contribution in [0.2, 0.25) is 0 Å². The Kier molecular flexibility index (Phi) is 5.40. The van der Waals surface area contributed by atoms with Crippen LogP contribution in [-0.4, -0.2) is 37.6 Å². The first-order valence-corrected chi connectivity index (χ1v) is 5.75. The van der Waals surface area contributed by atoms with E-state index < -0.39 is 0 Å². The van der Waals surface area contributed by atoms with Crippen molar-refractivity contribution in [2.45, 2.75) is 45.1 Å². The average Bonchev–Trinajstić information content (AvgIpc) is 2.06. The highest BCUT2D eigenvalue weighted by Crippen LogP contribution is 2.17. The monoisotopic (exact) mass is 184 g/mol. The Morgan fingerprint density at radius 3 is 2.62 bits per heavy atom. The Hall–Kier alpha value is -0.0800. The normalized spacial score (nSPS) is 17.8. The van der Waals surface area contributed by atoms with E-state index in [9.17, 15) is 0 Å². The molecule has 1 N–H and O–H groups in total. The predicted molar refractivity (Wildman–Crippen MR) is 58.0 cm³/mol. The fraction of sp³-hybridized carbons (Fsp3) is 1.00. The van der Waals surface area contributed by atoms with Crippen molar-refractivity contribution < 1.29 is 0 Å². The summed E-state index contributed by atoms with van der Waals surface area (Å²) in [4.78, 5) is 2.43. The van der Waals surface area contributed by atoms with Crippen molar-refractivity contribution in [2.24, 2.45) is 0 Å². The number of nitrogens with one attached hydrogen (secondary N) is 1. The van der Waals surface area contributed by atoms with Gasteiger partial charge in [-0.3, -0.25) is 0 Å². The maximum absolute atomic E-state index is 3.58. The minimum absolute atomic E-state index is 0.847. The maximum atomic E-state index is 3.58. The van der Waals surface area contributed by atoms with Crippen molar-refractivity contribution in [1.82, 2.24) is 10.2 Å². The predicted octanol–water partition coefficient (Wildman–Crippen LogP) is 1.86. The Balaban J connectivity index is 1.85. The van der Waals surface area contributed by atoms with Gasteiger partial charge in [-0.05, 0) is 32.9 Å². The van der Waals surface area contributed by atoms with E-state index in [0.29, 0.717) is 0 Å². The van der Waals surface area contributed by atoms with Gasteiger partial charge in [0.25, 0.3) is 0 Å². The maximum Gasteiger partial charge on any atom is 0.0104 e. The molecule has 1 saturated carbocycles. The second-order valence-corrected chi connectivity index (χ2v) is 4.24. The van der Waals surface area contributed by atoms with Crippen molar-refractivity contribution in [3.63, 3.8) is 0 Å². The second kappa shape index (κ2) is 6.39. The Labute approximate surface area is 82.7 Å². The van der Waals surface area contributed by atoms with Crippen LogP contribution in [0.4, 0.5) is 0 Å².